The standard InChI is InChI=1S/C26H31ClF2N2O4S.C2HF3O2/c1-15(19-8-7-17(28)9-22(19)27)31-13-18(12-26(2,3)14-31)35-24-11-23(29)21(10-20(24)16-5-6-16)25(32)30-36(4,33)34;3-2(4,5)1(6)7/h7-11,15-16,18H,5-6,12-14H2,1-4H3,(H,30,32);(H,6,7)/t15?,18-;/m1./s1. The Kier molecular flexibility index (Phi) is 10.4. The number of alkyl halides is 3. The lowest BCUT2D eigenvalue weighted by molar-refractivity contribution is -0.192. The van der Waals surface area contributed by atoms with Crippen LogP contribution in [0.3, 0.4) is 0 Å². The molecule has 2 fully saturated rings. The van der Waals surface area contributed by atoms with Crippen LogP contribution in [0.5, 0.6) is 5.75 Å². The Balaban J connectivity index is 0.000000646. The molecule has 8 nitrogen and oxygen atoms in total. The van der Waals surface area contributed by atoms with Gasteiger partial charge >= 0.3 is 12.1 Å². The molecule has 1 heterocycles. The number of carboxylic acid groups (broad SMARTS) is 1. The van der Waals surface area contributed by atoms with E-state index in [2.05, 4.69) is 18.7 Å². The van der Waals surface area contributed by atoms with E-state index in [1.807, 2.05) is 11.6 Å². The highest BCUT2D eigenvalue weighted by Crippen LogP contribution is 2.46. The van der Waals surface area contributed by atoms with Crippen molar-refractivity contribution >= 4 is 33.5 Å². The number of sulfonamides is 1. The van der Waals surface area contributed by atoms with Crippen LogP contribution in [-0.2, 0) is 14.8 Å². The lowest BCUT2D eigenvalue weighted by atomic mass is 9.81. The molecular formula is C28H32ClF5N2O6S. The van der Waals surface area contributed by atoms with Crippen LogP contribution < -0.4 is 9.46 Å². The summed E-state index contributed by atoms with van der Waals surface area (Å²) in [4.78, 5) is 23.5. The number of rotatable bonds is 7. The maximum Gasteiger partial charge on any atom is 0.490 e. The van der Waals surface area contributed by atoms with Crippen molar-refractivity contribution in [3.63, 3.8) is 0 Å². The maximum atomic E-state index is 15.0. The van der Waals surface area contributed by atoms with Crippen molar-refractivity contribution in [1.82, 2.24) is 9.62 Å². The lowest BCUT2D eigenvalue weighted by Crippen LogP contribution is -2.50. The van der Waals surface area contributed by atoms with Crippen molar-refractivity contribution in [2.24, 2.45) is 5.41 Å². The van der Waals surface area contributed by atoms with Gasteiger partial charge in [0.2, 0.25) is 10.0 Å². The maximum absolute atomic E-state index is 15.0. The normalized spacial score (nSPS) is 19.5. The summed E-state index contributed by atoms with van der Waals surface area (Å²) in [7, 11) is -3.83. The summed E-state index contributed by atoms with van der Waals surface area (Å²) >= 11 is 6.33. The minimum Gasteiger partial charge on any atom is -0.489 e. The molecular weight excluding hydrogens is 623 g/mol. The van der Waals surface area contributed by atoms with Crippen LogP contribution in [0, 0.1) is 17.0 Å². The second-order valence-electron chi connectivity index (χ2n) is 11.5. The summed E-state index contributed by atoms with van der Waals surface area (Å²) in [5.41, 5.74) is 1.09. The molecule has 15 heteroatoms. The Labute approximate surface area is 251 Å². The van der Waals surface area contributed by atoms with Crippen molar-refractivity contribution in [3.05, 3.63) is 63.7 Å². The fourth-order valence-corrected chi connectivity index (χ4v) is 5.77. The molecule has 43 heavy (non-hydrogen) atoms. The number of hydrogen-bond donors (Lipinski definition) is 2. The zero-order chi connectivity index (χ0) is 32.5. The summed E-state index contributed by atoms with van der Waals surface area (Å²) < 4.78 is 91.4. The molecule has 0 aromatic heterocycles. The lowest BCUT2D eigenvalue weighted by Gasteiger charge is -2.45. The van der Waals surface area contributed by atoms with Gasteiger partial charge in [0.1, 0.15) is 23.5 Å². The summed E-state index contributed by atoms with van der Waals surface area (Å²) in [6.45, 7) is 7.61. The minimum absolute atomic E-state index is 0.0921. The van der Waals surface area contributed by atoms with Crippen LogP contribution >= 0.6 is 11.6 Å². The molecule has 1 aliphatic carbocycles. The Hall–Kier alpha value is -2.97. The van der Waals surface area contributed by atoms with Gasteiger partial charge in [-0.05, 0) is 66.8 Å². The number of ether oxygens (including phenoxy) is 1. The number of nitrogens with zero attached hydrogens (tertiary/aromatic N) is 1. The number of aliphatic carboxylic acids is 1. The number of carbonyl (C=O) groups is 2. The van der Waals surface area contributed by atoms with E-state index in [0.717, 1.165) is 37.6 Å². The van der Waals surface area contributed by atoms with Gasteiger partial charge in [-0.15, -0.1) is 0 Å². The topological polar surface area (TPSA) is 113 Å². The predicted octanol–water partition coefficient (Wildman–Crippen LogP) is 6.06. The van der Waals surface area contributed by atoms with E-state index in [4.69, 9.17) is 26.2 Å². The van der Waals surface area contributed by atoms with Crippen LogP contribution in [0.15, 0.2) is 30.3 Å². The van der Waals surface area contributed by atoms with Crippen LogP contribution in [0.2, 0.25) is 5.02 Å². The van der Waals surface area contributed by atoms with E-state index in [1.165, 1.54) is 24.3 Å². The molecule has 0 spiro atoms. The molecule has 1 saturated heterocycles. The third kappa shape index (κ3) is 9.77. The quantitative estimate of drug-likeness (QED) is 0.349. The fourth-order valence-electron chi connectivity index (χ4n) is 5.00. The number of amides is 1. The van der Waals surface area contributed by atoms with Crippen molar-refractivity contribution in [2.75, 3.05) is 19.3 Å². The first-order chi connectivity index (χ1) is 19.7. The van der Waals surface area contributed by atoms with Gasteiger partial charge in [-0.3, -0.25) is 9.69 Å². The second-order valence-corrected chi connectivity index (χ2v) is 13.7. The predicted molar refractivity (Wildman–Crippen MR) is 149 cm³/mol. The number of likely N-dealkylation sites (tertiary alicyclic amines) is 1. The highest BCUT2D eigenvalue weighted by molar-refractivity contribution is 7.89. The van der Waals surface area contributed by atoms with Gasteiger partial charge in [0, 0.05) is 30.2 Å². The zero-order valence-corrected chi connectivity index (χ0v) is 25.3. The van der Waals surface area contributed by atoms with Gasteiger partial charge in [0.15, 0.2) is 0 Å². The molecule has 1 unspecified atom stereocenters. The molecule has 2 aromatic rings. The molecule has 1 amide bonds. The van der Waals surface area contributed by atoms with Gasteiger partial charge in [0.05, 0.1) is 11.8 Å². The van der Waals surface area contributed by atoms with Gasteiger partial charge in [-0.1, -0.05) is 31.5 Å². The zero-order valence-electron chi connectivity index (χ0n) is 23.8. The third-order valence-electron chi connectivity index (χ3n) is 6.99. The van der Waals surface area contributed by atoms with E-state index in [-0.39, 0.29) is 34.9 Å². The van der Waals surface area contributed by atoms with Crippen molar-refractivity contribution in [2.45, 2.75) is 64.3 Å². The SMILES string of the molecule is CC(c1ccc(F)cc1Cl)N1C[C@H](Oc2cc(F)c(C(=O)NS(C)(=O)=O)cc2C2CC2)CC(C)(C)C1.O=C(O)C(F)(F)F. The first-order valence-corrected chi connectivity index (χ1v) is 15.4. The summed E-state index contributed by atoms with van der Waals surface area (Å²) in [6.07, 6.45) is -1.99. The van der Waals surface area contributed by atoms with Crippen LogP contribution in [0.1, 0.15) is 73.5 Å². The molecule has 1 saturated carbocycles. The van der Waals surface area contributed by atoms with Gasteiger partial charge in [-0.25, -0.2) is 26.7 Å². The molecule has 2 atom stereocenters. The molecule has 2 N–H and O–H groups in total. The Morgan fingerprint density at radius 2 is 1.77 bits per heavy atom. The van der Waals surface area contributed by atoms with Crippen molar-refractivity contribution < 1.29 is 49.8 Å². The Bertz CT molecular complexity index is 1480. The van der Waals surface area contributed by atoms with Crippen molar-refractivity contribution in [1.29, 1.82) is 0 Å². The molecule has 0 radical (unpaired) electrons. The third-order valence-corrected chi connectivity index (χ3v) is 7.87. The molecule has 2 aliphatic rings. The number of piperidine rings is 1. The second kappa shape index (κ2) is 12.9. The Morgan fingerprint density at radius 3 is 2.28 bits per heavy atom. The van der Waals surface area contributed by atoms with E-state index in [0.29, 0.717) is 22.9 Å². The first-order valence-electron chi connectivity index (χ1n) is 13.2. The summed E-state index contributed by atoms with van der Waals surface area (Å²) in [6, 6.07) is 6.91. The number of nitrogens with one attached hydrogen (secondary N) is 1. The number of benzene rings is 2. The van der Waals surface area contributed by atoms with E-state index < -0.39 is 33.9 Å². The average molecular weight is 655 g/mol. The Morgan fingerprint density at radius 1 is 1.16 bits per heavy atom. The monoisotopic (exact) mass is 654 g/mol. The molecule has 1 aliphatic heterocycles. The highest BCUT2D eigenvalue weighted by Gasteiger charge is 2.39. The number of halogens is 6. The fraction of sp³-hybridized carbons (Fsp3) is 0.500. The van der Waals surface area contributed by atoms with Crippen LogP contribution in [-0.4, -0.2) is 61.9 Å². The van der Waals surface area contributed by atoms with E-state index in [1.54, 1.807) is 6.07 Å². The number of hydrogen-bond acceptors (Lipinski definition) is 6. The molecule has 4 rings (SSSR count). The van der Waals surface area contributed by atoms with Crippen molar-refractivity contribution in [3.8, 4) is 5.75 Å². The molecule has 0 bridgehead atoms. The first kappa shape index (κ1) is 34.5. The van der Waals surface area contributed by atoms with Gasteiger partial charge < -0.3 is 9.84 Å². The van der Waals surface area contributed by atoms with Gasteiger partial charge in [0.25, 0.3) is 5.91 Å². The van der Waals surface area contributed by atoms with E-state index in [9.17, 15) is 35.2 Å². The summed E-state index contributed by atoms with van der Waals surface area (Å²) in [5.74, 6) is -4.48. The number of carbonyl (C=O) groups excluding carboxylic acids is 1. The number of carboxylic acids is 1. The highest BCUT2D eigenvalue weighted by atomic mass is 35.5. The molecule has 238 valence electrons. The van der Waals surface area contributed by atoms with Gasteiger partial charge in [-0.2, -0.15) is 13.2 Å². The minimum atomic E-state index is -5.08. The average Bonchev–Trinajstić information content (AvgIpc) is 3.67. The van der Waals surface area contributed by atoms with Crippen LogP contribution in [0.25, 0.3) is 0 Å². The smallest absolute Gasteiger partial charge is 0.489 e. The van der Waals surface area contributed by atoms with Crippen LogP contribution in [0.4, 0.5) is 22.0 Å². The largest absolute Gasteiger partial charge is 0.490 e. The summed E-state index contributed by atoms with van der Waals surface area (Å²) in [5, 5.41) is 7.49. The van der Waals surface area contributed by atoms with E-state index >= 15 is 0 Å². The molecule has 2 aromatic carbocycles.